The van der Waals surface area contributed by atoms with Gasteiger partial charge in [-0.05, 0) is 30.5 Å². The zero-order valence-electron chi connectivity index (χ0n) is 15.4. The molecule has 0 radical (unpaired) electrons. The minimum Gasteiger partial charge on any atom is -0.338 e. The molecule has 1 N–H and O–H groups in total. The molecule has 1 atom stereocenters. The molecule has 138 valence electrons. The average molecular weight is 379 g/mol. The van der Waals surface area contributed by atoms with Gasteiger partial charge in [0, 0.05) is 19.5 Å². The lowest BCUT2D eigenvalue weighted by Crippen LogP contribution is -2.28. The lowest BCUT2D eigenvalue weighted by atomic mass is 10.1. The normalized spacial score (nSPS) is 16.9. The van der Waals surface area contributed by atoms with E-state index in [1.165, 1.54) is 11.3 Å². The van der Waals surface area contributed by atoms with Crippen LogP contribution in [0.1, 0.15) is 23.1 Å². The topological polar surface area (TPSA) is 62.3 Å². The van der Waals surface area contributed by atoms with E-state index in [1.807, 2.05) is 50.2 Å². The van der Waals surface area contributed by atoms with Crippen molar-refractivity contribution in [2.75, 3.05) is 11.9 Å². The highest BCUT2D eigenvalue weighted by Crippen LogP contribution is 2.31. The molecule has 1 fully saturated rings. The fraction of sp³-hybridized carbons (Fsp3) is 0.286. The minimum atomic E-state index is -0.338. The van der Waals surface area contributed by atoms with Crippen molar-refractivity contribution in [3.8, 4) is 0 Å². The van der Waals surface area contributed by atoms with Crippen LogP contribution >= 0.6 is 11.3 Å². The number of nitrogens with zero attached hydrogens (tertiary/aromatic N) is 2. The molecule has 2 aromatic carbocycles. The Morgan fingerprint density at radius 2 is 1.93 bits per heavy atom. The SMILES string of the molecule is Cc1ccc(C)c2sc(NC(=O)C3CC(=O)N(Cc4ccccc4)C3)nc12. The van der Waals surface area contributed by atoms with Crippen LogP contribution in [0.3, 0.4) is 0 Å². The highest BCUT2D eigenvalue weighted by Gasteiger charge is 2.34. The van der Waals surface area contributed by atoms with Gasteiger partial charge in [-0.3, -0.25) is 9.59 Å². The summed E-state index contributed by atoms with van der Waals surface area (Å²) in [7, 11) is 0. The second kappa shape index (κ2) is 7.12. The fourth-order valence-electron chi connectivity index (χ4n) is 3.42. The summed E-state index contributed by atoms with van der Waals surface area (Å²) in [5.41, 5.74) is 4.25. The minimum absolute atomic E-state index is 0.0231. The van der Waals surface area contributed by atoms with E-state index in [9.17, 15) is 9.59 Å². The van der Waals surface area contributed by atoms with Crippen LogP contribution in [0.2, 0.25) is 0 Å². The van der Waals surface area contributed by atoms with Crippen LogP contribution < -0.4 is 5.32 Å². The molecule has 1 saturated heterocycles. The Balaban J connectivity index is 1.45. The van der Waals surface area contributed by atoms with Crippen molar-refractivity contribution in [2.45, 2.75) is 26.8 Å². The molecule has 0 aliphatic carbocycles. The Hall–Kier alpha value is -2.73. The van der Waals surface area contributed by atoms with Crippen LogP contribution in [-0.2, 0) is 16.1 Å². The van der Waals surface area contributed by atoms with Gasteiger partial charge in [-0.15, -0.1) is 0 Å². The number of benzene rings is 2. The number of carbonyl (C=O) groups excluding carboxylic acids is 2. The maximum Gasteiger partial charge on any atom is 0.231 e. The highest BCUT2D eigenvalue weighted by molar-refractivity contribution is 7.22. The summed E-state index contributed by atoms with van der Waals surface area (Å²) in [5, 5.41) is 3.52. The monoisotopic (exact) mass is 379 g/mol. The quantitative estimate of drug-likeness (QED) is 0.748. The van der Waals surface area contributed by atoms with E-state index in [-0.39, 0.29) is 24.2 Å². The molecule has 0 spiro atoms. The highest BCUT2D eigenvalue weighted by atomic mass is 32.1. The first-order chi connectivity index (χ1) is 13.0. The molecule has 4 rings (SSSR count). The zero-order chi connectivity index (χ0) is 19.0. The first-order valence-electron chi connectivity index (χ1n) is 9.00. The molecule has 27 heavy (non-hydrogen) atoms. The van der Waals surface area contributed by atoms with E-state index in [2.05, 4.69) is 16.4 Å². The predicted molar refractivity (Wildman–Crippen MR) is 108 cm³/mol. The van der Waals surface area contributed by atoms with Crippen LogP contribution in [0.4, 0.5) is 5.13 Å². The first-order valence-corrected chi connectivity index (χ1v) is 9.82. The summed E-state index contributed by atoms with van der Waals surface area (Å²) in [6, 6.07) is 14.0. The van der Waals surface area contributed by atoms with Gasteiger partial charge < -0.3 is 10.2 Å². The van der Waals surface area contributed by atoms with E-state index in [1.54, 1.807) is 4.90 Å². The van der Waals surface area contributed by atoms with Crippen LogP contribution in [0.25, 0.3) is 10.2 Å². The van der Waals surface area contributed by atoms with Gasteiger partial charge in [0.1, 0.15) is 0 Å². The van der Waals surface area contributed by atoms with Gasteiger partial charge in [0.2, 0.25) is 11.8 Å². The number of likely N-dealkylation sites (tertiary alicyclic amines) is 1. The average Bonchev–Trinajstić information content (AvgIpc) is 3.24. The first kappa shape index (κ1) is 17.7. The van der Waals surface area contributed by atoms with Crippen molar-refractivity contribution in [1.82, 2.24) is 9.88 Å². The lowest BCUT2D eigenvalue weighted by Gasteiger charge is -2.16. The number of hydrogen-bond acceptors (Lipinski definition) is 4. The van der Waals surface area contributed by atoms with Crippen LogP contribution in [-0.4, -0.2) is 28.2 Å². The number of aryl methyl sites for hydroxylation is 2. The van der Waals surface area contributed by atoms with E-state index in [0.717, 1.165) is 26.9 Å². The Kier molecular flexibility index (Phi) is 4.66. The molecule has 1 aliphatic rings. The molecule has 6 heteroatoms. The molecule has 0 bridgehead atoms. The smallest absolute Gasteiger partial charge is 0.231 e. The molecule has 2 amide bonds. The second-order valence-corrected chi connectivity index (χ2v) is 8.05. The largest absolute Gasteiger partial charge is 0.338 e. The number of hydrogen-bond donors (Lipinski definition) is 1. The summed E-state index contributed by atoms with van der Waals surface area (Å²) in [4.78, 5) is 31.3. The molecule has 1 aliphatic heterocycles. The Bertz CT molecular complexity index is 974. The number of fused-ring (bicyclic) bond motifs is 1. The number of nitrogens with one attached hydrogen (secondary N) is 1. The number of amides is 2. The summed E-state index contributed by atoms with van der Waals surface area (Å²) < 4.78 is 1.10. The third-order valence-corrected chi connectivity index (χ3v) is 6.08. The van der Waals surface area contributed by atoms with Crippen molar-refractivity contribution in [3.05, 3.63) is 59.2 Å². The molecule has 2 heterocycles. The molecular weight excluding hydrogens is 358 g/mol. The number of anilines is 1. The third-order valence-electron chi connectivity index (χ3n) is 4.97. The molecule has 1 aromatic heterocycles. The molecule has 0 saturated carbocycles. The Labute approximate surface area is 162 Å². The van der Waals surface area contributed by atoms with Crippen molar-refractivity contribution < 1.29 is 9.59 Å². The number of thiazole rings is 1. The van der Waals surface area contributed by atoms with Gasteiger partial charge in [-0.25, -0.2) is 4.98 Å². The van der Waals surface area contributed by atoms with Gasteiger partial charge in [0.05, 0.1) is 16.1 Å². The maximum absolute atomic E-state index is 12.7. The van der Waals surface area contributed by atoms with E-state index in [4.69, 9.17) is 0 Å². The van der Waals surface area contributed by atoms with Gasteiger partial charge in [-0.1, -0.05) is 53.8 Å². The van der Waals surface area contributed by atoms with Crippen molar-refractivity contribution in [1.29, 1.82) is 0 Å². The van der Waals surface area contributed by atoms with Crippen LogP contribution in [0.5, 0.6) is 0 Å². The standard InChI is InChI=1S/C21H21N3O2S/c1-13-8-9-14(2)19-18(13)22-21(27-19)23-20(26)16-10-17(25)24(12-16)11-15-6-4-3-5-7-15/h3-9,16H,10-12H2,1-2H3,(H,22,23,26). The van der Waals surface area contributed by atoms with Crippen LogP contribution in [0.15, 0.2) is 42.5 Å². The van der Waals surface area contributed by atoms with Gasteiger partial charge >= 0.3 is 0 Å². The van der Waals surface area contributed by atoms with E-state index >= 15 is 0 Å². The number of carbonyl (C=O) groups is 2. The Morgan fingerprint density at radius 3 is 2.67 bits per heavy atom. The Morgan fingerprint density at radius 1 is 1.19 bits per heavy atom. The summed E-state index contributed by atoms with van der Waals surface area (Å²) in [6.07, 6.45) is 0.252. The van der Waals surface area contributed by atoms with Gasteiger partial charge in [0.15, 0.2) is 5.13 Å². The van der Waals surface area contributed by atoms with Crippen molar-refractivity contribution in [3.63, 3.8) is 0 Å². The zero-order valence-corrected chi connectivity index (χ0v) is 16.2. The second-order valence-electron chi connectivity index (χ2n) is 7.05. The number of rotatable bonds is 4. The number of aromatic nitrogens is 1. The predicted octanol–water partition coefficient (Wildman–Crippen LogP) is 3.90. The summed E-state index contributed by atoms with van der Waals surface area (Å²) >= 11 is 1.49. The summed E-state index contributed by atoms with van der Waals surface area (Å²) in [6.45, 7) is 5.05. The molecule has 5 nitrogen and oxygen atoms in total. The summed E-state index contributed by atoms with van der Waals surface area (Å²) in [5.74, 6) is -0.446. The van der Waals surface area contributed by atoms with Crippen molar-refractivity contribution in [2.24, 2.45) is 5.92 Å². The fourth-order valence-corrected chi connectivity index (χ4v) is 4.44. The lowest BCUT2D eigenvalue weighted by molar-refractivity contribution is -0.128. The van der Waals surface area contributed by atoms with Gasteiger partial charge in [-0.2, -0.15) is 0 Å². The molecule has 3 aromatic rings. The van der Waals surface area contributed by atoms with Crippen molar-refractivity contribution >= 4 is 38.5 Å². The third kappa shape index (κ3) is 3.57. The molecular formula is C21H21N3O2S. The van der Waals surface area contributed by atoms with E-state index in [0.29, 0.717) is 18.2 Å². The van der Waals surface area contributed by atoms with E-state index < -0.39 is 0 Å². The molecule has 1 unspecified atom stereocenters. The van der Waals surface area contributed by atoms with Gasteiger partial charge in [0.25, 0.3) is 0 Å². The maximum atomic E-state index is 12.7. The van der Waals surface area contributed by atoms with Crippen LogP contribution in [0, 0.1) is 19.8 Å².